The van der Waals surface area contributed by atoms with Crippen molar-refractivity contribution >= 4 is 38.8 Å². The van der Waals surface area contributed by atoms with Gasteiger partial charge in [-0.2, -0.15) is 5.01 Å². The van der Waals surface area contributed by atoms with Crippen LogP contribution >= 0.6 is 0 Å². The Hall–Kier alpha value is -3.27. The highest BCUT2D eigenvalue weighted by Crippen LogP contribution is 2.35. The van der Waals surface area contributed by atoms with E-state index in [1.165, 1.54) is 16.2 Å². The van der Waals surface area contributed by atoms with Crippen LogP contribution in [0.15, 0.2) is 54.3 Å². The molecule has 36 heavy (non-hydrogen) atoms. The van der Waals surface area contributed by atoms with Gasteiger partial charge < -0.3 is 9.47 Å². The third-order valence-corrected chi connectivity index (χ3v) is 7.68. The Morgan fingerprint density at radius 1 is 1.06 bits per heavy atom. The molecular formula is C26H35N3O6S. The summed E-state index contributed by atoms with van der Waals surface area (Å²) in [6.07, 6.45) is 5.47. The minimum atomic E-state index is -3.87. The summed E-state index contributed by atoms with van der Waals surface area (Å²) in [6.45, 7) is 13.8. The molecule has 0 saturated heterocycles. The van der Waals surface area contributed by atoms with Gasteiger partial charge in [0.25, 0.3) is 0 Å². The fourth-order valence-electron chi connectivity index (χ4n) is 3.85. The van der Waals surface area contributed by atoms with Gasteiger partial charge in [0.1, 0.15) is 15.9 Å². The average Bonchev–Trinajstić information content (AvgIpc) is 3.13. The summed E-state index contributed by atoms with van der Waals surface area (Å²) < 4.78 is 38.4. The lowest BCUT2D eigenvalue weighted by Crippen LogP contribution is -2.50. The van der Waals surface area contributed by atoms with Crippen LogP contribution in [0.25, 0.3) is 10.9 Å². The first-order chi connectivity index (χ1) is 16.4. The van der Waals surface area contributed by atoms with Gasteiger partial charge in [0, 0.05) is 11.6 Å². The standard InChI is InChI=1S/C26H35N3O6S/c1-18-10-9-14-26(8,17-18)36(32,33)28-15-13-19-11-12-20(16-21(19)28)29(23(31)35-25(5,6)7)27-22(30)34-24(2,3)4/h9-16H,17H2,1-8H3,(H,27,30). The Morgan fingerprint density at radius 3 is 2.28 bits per heavy atom. The van der Waals surface area contributed by atoms with E-state index in [0.29, 0.717) is 17.3 Å². The molecule has 1 heterocycles. The zero-order valence-electron chi connectivity index (χ0n) is 22.1. The van der Waals surface area contributed by atoms with Crippen molar-refractivity contribution in [3.05, 3.63) is 54.3 Å². The minimum Gasteiger partial charge on any atom is -0.443 e. The fraction of sp³-hybridized carbons (Fsp3) is 0.462. The van der Waals surface area contributed by atoms with E-state index in [1.807, 2.05) is 13.0 Å². The van der Waals surface area contributed by atoms with E-state index in [1.54, 1.807) is 78.8 Å². The molecule has 1 atom stereocenters. The molecule has 0 saturated carbocycles. The van der Waals surface area contributed by atoms with Crippen molar-refractivity contribution in [2.24, 2.45) is 0 Å². The molecule has 1 unspecified atom stereocenters. The van der Waals surface area contributed by atoms with Crippen LogP contribution in [0.1, 0.15) is 61.8 Å². The van der Waals surface area contributed by atoms with E-state index in [0.717, 1.165) is 10.6 Å². The first kappa shape index (κ1) is 27.3. The summed E-state index contributed by atoms with van der Waals surface area (Å²) in [5.41, 5.74) is 2.30. The normalized spacial score (nSPS) is 18.5. The molecule has 1 N–H and O–H groups in total. The Kier molecular flexibility index (Phi) is 7.07. The third-order valence-electron chi connectivity index (χ3n) is 5.38. The number of carbonyl (C=O) groups excluding carboxylic acids is 2. The summed E-state index contributed by atoms with van der Waals surface area (Å²) in [5, 5.41) is 1.57. The van der Waals surface area contributed by atoms with Gasteiger partial charge in [-0.1, -0.05) is 29.9 Å². The first-order valence-electron chi connectivity index (χ1n) is 11.7. The highest BCUT2D eigenvalue weighted by Gasteiger charge is 2.40. The Morgan fingerprint density at radius 2 is 1.69 bits per heavy atom. The number of nitrogens with one attached hydrogen (secondary N) is 1. The van der Waals surface area contributed by atoms with Gasteiger partial charge in [0.2, 0.25) is 10.0 Å². The monoisotopic (exact) mass is 517 g/mol. The van der Waals surface area contributed by atoms with Gasteiger partial charge in [-0.05, 0) is 80.0 Å². The molecule has 0 fully saturated rings. The van der Waals surface area contributed by atoms with E-state index >= 15 is 0 Å². The molecule has 1 aliphatic carbocycles. The van der Waals surface area contributed by atoms with E-state index in [4.69, 9.17) is 9.47 Å². The van der Waals surface area contributed by atoms with Crippen LogP contribution in [0.3, 0.4) is 0 Å². The average molecular weight is 518 g/mol. The second-order valence-electron chi connectivity index (χ2n) is 11.2. The fourth-order valence-corrected chi connectivity index (χ4v) is 5.59. The van der Waals surface area contributed by atoms with Crippen LogP contribution in [0.5, 0.6) is 0 Å². The van der Waals surface area contributed by atoms with E-state index in [9.17, 15) is 18.0 Å². The number of nitrogens with zero attached hydrogens (tertiary/aromatic N) is 2. The lowest BCUT2D eigenvalue weighted by molar-refractivity contribution is 0.0425. The number of hydrazine groups is 1. The molecule has 2 aromatic rings. The molecule has 0 aliphatic heterocycles. The number of hydrogen-bond acceptors (Lipinski definition) is 6. The van der Waals surface area contributed by atoms with Gasteiger partial charge in [-0.25, -0.2) is 27.4 Å². The number of rotatable bonds is 3. The molecule has 1 aromatic heterocycles. The van der Waals surface area contributed by atoms with Crippen LogP contribution < -0.4 is 10.4 Å². The van der Waals surface area contributed by atoms with Crippen LogP contribution in [0.4, 0.5) is 15.3 Å². The molecule has 1 aliphatic rings. The second-order valence-corrected chi connectivity index (χ2v) is 13.4. The summed E-state index contributed by atoms with van der Waals surface area (Å²) in [7, 11) is -3.87. The first-order valence-corrected chi connectivity index (χ1v) is 13.1. The third kappa shape index (κ3) is 5.92. The van der Waals surface area contributed by atoms with Gasteiger partial charge in [0.15, 0.2) is 0 Å². The van der Waals surface area contributed by atoms with E-state index < -0.39 is 38.2 Å². The molecule has 1 aromatic carbocycles. The number of aromatic nitrogens is 1. The number of carbonyl (C=O) groups is 2. The lowest BCUT2D eigenvalue weighted by atomic mass is 9.96. The van der Waals surface area contributed by atoms with Crippen molar-refractivity contribution in [3.8, 4) is 0 Å². The zero-order chi connectivity index (χ0) is 27.1. The number of fused-ring (bicyclic) bond motifs is 1. The number of ether oxygens (including phenoxy) is 2. The van der Waals surface area contributed by atoms with Crippen molar-refractivity contribution in [1.29, 1.82) is 0 Å². The zero-order valence-corrected chi connectivity index (χ0v) is 22.9. The number of anilines is 1. The predicted molar refractivity (Wildman–Crippen MR) is 140 cm³/mol. The number of allylic oxidation sites excluding steroid dienone is 3. The second kappa shape index (κ2) is 9.31. The summed E-state index contributed by atoms with van der Waals surface area (Å²) in [6, 6.07) is 6.48. The van der Waals surface area contributed by atoms with Crippen molar-refractivity contribution in [2.75, 3.05) is 5.01 Å². The van der Waals surface area contributed by atoms with Crippen molar-refractivity contribution in [3.63, 3.8) is 0 Å². The Bertz CT molecular complexity index is 1340. The molecule has 0 radical (unpaired) electrons. The molecule has 3 rings (SSSR count). The summed E-state index contributed by atoms with van der Waals surface area (Å²) in [4.78, 5) is 25.6. The molecular weight excluding hydrogens is 482 g/mol. The maximum Gasteiger partial charge on any atom is 0.434 e. The smallest absolute Gasteiger partial charge is 0.434 e. The lowest BCUT2D eigenvalue weighted by Gasteiger charge is -2.30. The summed E-state index contributed by atoms with van der Waals surface area (Å²) >= 11 is 0. The maximum atomic E-state index is 13.8. The highest BCUT2D eigenvalue weighted by molar-refractivity contribution is 7.91. The molecule has 9 nitrogen and oxygen atoms in total. The molecule has 196 valence electrons. The Balaban J connectivity index is 2.07. The van der Waals surface area contributed by atoms with Crippen LogP contribution in [0.2, 0.25) is 0 Å². The molecule has 0 spiro atoms. The summed E-state index contributed by atoms with van der Waals surface area (Å²) in [5.74, 6) is 0. The van der Waals surface area contributed by atoms with Crippen molar-refractivity contribution < 1.29 is 27.5 Å². The van der Waals surface area contributed by atoms with Crippen LogP contribution in [0, 0.1) is 0 Å². The van der Waals surface area contributed by atoms with Crippen molar-refractivity contribution in [2.45, 2.75) is 77.8 Å². The maximum absolute atomic E-state index is 13.8. The van der Waals surface area contributed by atoms with Crippen molar-refractivity contribution in [1.82, 2.24) is 9.40 Å². The molecule has 10 heteroatoms. The van der Waals surface area contributed by atoms with Crippen LogP contribution in [-0.2, 0) is 19.5 Å². The number of hydrogen-bond donors (Lipinski definition) is 1. The largest absolute Gasteiger partial charge is 0.443 e. The SMILES string of the molecule is CC1=CC=CC(C)(S(=O)(=O)n2ccc3ccc(N(NC(=O)OC(C)(C)C)C(=O)OC(C)(C)C)cc32)C1. The topological polar surface area (TPSA) is 107 Å². The van der Waals surface area contributed by atoms with E-state index in [2.05, 4.69) is 5.43 Å². The highest BCUT2D eigenvalue weighted by atomic mass is 32.2. The predicted octanol–water partition coefficient (Wildman–Crippen LogP) is 5.67. The molecule has 2 amide bonds. The van der Waals surface area contributed by atoms with Gasteiger partial charge >= 0.3 is 12.2 Å². The minimum absolute atomic E-state index is 0.207. The van der Waals surface area contributed by atoms with Gasteiger partial charge in [-0.15, -0.1) is 0 Å². The quantitative estimate of drug-likeness (QED) is 0.526. The molecule has 0 bridgehead atoms. The van der Waals surface area contributed by atoms with Gasteiger partial charge in [0.05, 0.1) is 11.2 Å². The van der Waals surface area contributed by atoms with E-state index in [-0.39, 0.29) is 5.69 Å². The van der Waals surface area contributed by atoms with Gasteiger partial charge in [-0.3, -0.25) is 0 Å². The number of benzene rings is 1. The Labute approximate surface area is 212 Å². The van der Waals surface area contributed by atoms with Crippen LogP contribution in [-0.4, -0.2) is 40.5 Å². The number of amides is 2.